The summed E-state index contributed by atoms with van der Waals surface area (Å²) in [7, 11) is 0. The lowest BCUT2D eigenvalue weighted by molar-refractivity contribution is -0.117. The van der Waals surface area contributed by atoms with Crippen molar-refractivity contribution in [3.63, 3.8) is 0 Å². The van der Waals surface area contributed by atoms with Crippen LogP contribution in [0, 0.1) is 5.41 Å². The minimum atomic E-state index is -0.0113. The first-order valence-electron chi connectivity index (χ1n) is 9.08. The molecular formula is C23H30O2. The molecule has 1 aliphatic carbocycles. The van der Waals surface area contributed by atoms with Gasteiger partial charge in [0.1, 0.15) is 5.75 Å². The van der Waals surface area contributed by atoms with Crippen LogP contribution in [0.25, 0.3) is 5.57 Å². The molecule has 0 atom stereocenters. The Hall–Kier alpha value is -2.09. The maximum absolute atomic E-state index is 13.1. The summed E-state index contributed by atoms with van der Waals surface area (Å²) in [5.41, 5.74) is 5.52. The van der Waals surface area contributed by atoms with Gasteiger partial charge < -0.3 is 5.11 Å². The van der Waals surface area contributed by atoms with Gasteiger partial charge in [-0.3, -0.25) is 4.79 Å². The minimum absolute atomic E-state index is 0.0113. The molecule has 1 N–H and O–H groups in total. The molecule has 0 heterocycles. The SMILES string of the molecule is C=C(C)/C(CCC)=C(\C1=C(C)CC(C)(C)CC1=O)c1ccccc1O. The first-order chi connectivity index (χ1) is 11.7. The normalized spacial score (nSPS) is 18.2. The third-order valence-corrected chi connectivity index (χ3v) is 4.83. The fourth-order valence-corrected chi connectivity index (χ4v) is 3.92. The number of carbonyl (C=O) groups excluding carboxylic acids is 1. The van der Waals surface area contributed by atoms with E-state index >= 15 is 0 Å². The lowest BCUT2D eigenvalue weighted by atomic mass is 9.70. The van der Waals surface area contributed by atoms with Crippen LogP contribution in [0.5, 0.6) is 5.75 Å². The van der Waals surface area contributed by atoms with Crippen molar-refractivity contribution in [1.82, 2.24) is 0 Å². The second-order valence-electron chi connectivity index (χ2n) is 8.00. The summed E-state index contributed by atoms with van der Waals surface area (Å²) < 4.78 is 0. The van der Waals surface area contributed by atoms with E-state index in [1.807, 2.05) is 25.1 Å². The molecule has 1 aliphatic rings. The first kappa shape index (κ1) is 19.2. The second-order valence-corrected chi connectivity index (χ2v) is 8.00. The monoisotopic (exact) mass is 338 g/mol. The molecule has 2 nitrogen and oxygen atoms in total. The van der Waals surface area contributed by atoms with Crippen LogP contribution >= 0.6 is 0 Å². The largest absolute Gasteiger partial charge is 0.507 e. The smallest absolute Gasteiger partial charge is 0.163 e. The molecule has 25 heavy (non-hydrogen) atoms. The number of rotatable bonds is 5. The molecule has 0 fully saturated rings. The van der Waals surface area contributed by atoms with E-state index in [1.165, 1.54) is 0 Å². The zero-order valence-electron chi connectivity index (χ0n) is 16.2. The van der Waals surface area contributed by atoms with Gasteiger partial charge in [-0.25, -0.2) is 0 Å². The third-order valence-electron chi connectivity index (χ3n) is 4.83. The molecule has 0 spiro atoms. The number of hydrogen-bond acceptors (Lipinski definition) is 2. The van der Waals surface area contributed by atoms with Crippen molar-refractivity contribution in [2.45, 2.75) is 60.3 Å². The van der Waals surface area contributed by atoms with Crippen LogP contribution < -0.4 is 0 Å². The number of phenols is 1. The van der Waals surface area contributed by atoms with E-state index in [2.05, 4.69) is 34.3 Å². The van der Waals surface area contributed by atoms with Crippen molar-refractivity contribution in [1.29, 1.82) is 0 Å². The van der Waals surface area contributed by atoms with Gasteiger partial charge in [-0.2, -0.15) is 0 Å². The van der Waals surface area contributed by atoms with Crippen molar-refractivity contribution in [3.8, 4) is 5.75 Å². The van der Waals surface area contributed by atoms with Gasteiger partial charge in [0.25, 0.3) is 0 Å². The summed E-state index contributed by atoms with van der Waals surface area (Å²) in [5, 5.41) is 10.5. The number of para-hydroxylation sites is 1. The van der Waals surface area contributed by atoms with Crippen LogP contribution in [0.1, 0.15) is 65.9 Å². The Labute approximate surface area is 152 Å². The molecule has 0 aromatic heterocycles. The van der Waals surface area contributed by atoms with Crippen LogP contribution in [0.3, 0.4) is 0 Å². The maximum atomic E-state index is 13.1. The Morgan fingerprint density at radius 2 is 1.88 bits per heavy atom. The lowest BCUT2D eigenvalue weighted by Crippen LogP contribution is -2.26. The fourth-order valence-electron chi connectivity index (χ4n) is 3.92. The van der Waals surface area contributed by atoms with Crippen molar-refractivity contribution < 1.29 is 9.90 Å². The number of carbonyl (C=O) groups is 1. The standard InChI is InChI=1S/C23H30O2/c1-7-10-17(15(2)3)22(18-11-8-9-12-19(18)24)21-16(4)13-23(5,6)14-20(21)25/h8-9,11-12,24H,2,7,10,13-14H2,1,3-6H3/b22-17-. The van der Waals surface area contributed by atoms with E-state index in [1.54, 1.807) is 6.07 Å². The van der Waals surface area contributed by atoms with Crippen LogP contribution in [0.4, 0.5) is 0 Å². The van der Waals surface area contributed by atoms with Crippen LogP contribution in [-0.2, 0) is 4.79 Å². The molecule has 0 saturated heterocycles. The average molecular weight is 338 g/mol. The number of hydrogen-bond donors (Lipinski definition) is 1. The van der Waals surface area contributed by atoms with Gasteiger partial charge >= 0.3 is 0 Å². The molecule has 0 unspecified atom stereocenters. The minimum Gasteiger partial charge on any atom is -0.507 e. The topological polar surface area (TPSA) is 37.3 Å². The molecule has 0 aliphatic heterocycles. The summed E-state index contributed by atoms with van der Waals surface area (Å²) in [5.74, 6) is 0.382. The molecule has 0 bridgehead atoms. The maximum Gasteiger partial charge on any atom is 0.163 e. The van der Waals surface area contributed by atoms with Crippen LogP contribution in [0.15, 0.2) is 53.1 Å². The van der Waals surface area contributed by atoms with E-state index in [4.69, 9.17) is 0 Å². The molecule has 0 amide bonds. The highest BCUT2D eigenvalue weighted by molar-refractivity contribution is 6.13. The predicted molar refractivity (Wildman–Crippen MR) is 105 cm³/mol. The van der Waals surface area contributed by atoms with E-state index < -0.39 is 0 Å². The zero-order chi connectivity index (χ0) is 18.8. The Kier molecular flexibility index (Phi) is 5.72. The Morgan fingerprint density at radius 3 is 2.40 bits per heavy atom. The molecular weight excluding hydrogens is 308 g/mol. The van der Waals surface area contributed by atoms with Gasteiger partial charge in [-0.1, -0.05) is 63.1 Å². The number of allylic oxidation sites excluding steroid dienone is 5. The van der Waals surface area contributed by atoms with Gasteiger partial charge in [0.05, 0.1) is 0 Å². The van der Waals surface area contributed by atoms with Crippen molar-refractivity contribution >= 4 is 11.4 Å². The van der Waals surface area contributed by atoms with E-state index in [-0.39, 0.29) is 16.9 Å². The van der Waals surface area contributed by atoms with Crippen LogP contribution in [0.2, 0.25) is 0 Å². The number of benzene rings is 1. The second kappa shape index (κ2) is 7.43. The molecule has 134 valence electrons. The van der Waals surface area contributed by atoms with Crippen LogP contribution in [-0.4, -0.2) is 10.9 Å². The molecule has 1 aromatic carbocycles. The average Bonchev–Trinajstić information content (AvgIpc) is 2.48. The molecule has 2 rings (SSSR count). The van der Waals surface area contributed by atoms with E-state index in [0.717, 1.165) is 52.7 Å². The molecule has 2 heteroatoms. The number of aromatic hydroxyl groups is 1. The predicted octanol–water partition coefficient (Wildman–Crippen LogP) is 6.23. The van der Waals surface area contributed by atoms with E-state index in [9.17, 15) is 9.90 Å². The molecule has 1 aromatic rings. The summed E-state index contributed by atoms with van der Waals surface area (Å²) >= 11 is 0. The zero-order valence-corrected chi connectivity index (χ0v) is 16.2. The highest BCUT2D eigenvalue weighted by Gasteiger charge is 2.34. The van der Waals surface area contributed by atoms with Gasteiger partial charge in [0, 0.05) is 17.6 Å². The van der Waals surface area contributed by atoms with Gasteiger partial charge in [0.2, 0.25) is 0 Å². The fraction of sp³-hybridized carbons (Fsp3) is 0.435. The van der Waals surface area contributed by atoms with Crippen molar-refractivity contribution in [2.24, 2.45) is 5.41 Å². The lowest BCUT2D eigenvalue weighted by Gasteiger charge is -2.33. The molecule has 0 radical (unpaired) electrons. The molecule has 0 saturated carbocycles. The highest BCUT2D eigenvalue weighted by atomic mass is 16.3. The summed E-state index contributed by atoms with van der Waals surface area (Å²) in [6.07, 6.45) is 3.23. The summed E-state index contributed by atoms with van der Waals surface area (Å²) in [6, 6.07) is 7.30. The Balaban J connectivity index is 2.81. The number of Topliss-reactive ketones (excluding diaryl/α,β-unsaturated/α-hetero) is 1. The third kappa shape index (κ3) is 4.12. The Morgan fingerprint density at radius 1 is 1.24 bits per heavy atom. The van der Waals surface area contributed by atoms with Gasteiger partial charge in [-0.05, 0) is 49.3 Å². The Bertz CT molecular complexity index is 760. The highest BCUT2D eigenvalue weighted by Crippen LogP contribution is 2.45. The quantitative estimate of drug-likeness (QED) is 0.646. The van der Waals surface area contributed by atoms with E-state index in [0.29, 0.717) is 6.42 Å². The van der Waals surface area contributed by atoms with Gasteiger partial charge in [-0.15, -0.1) is 0 Å². The summed E-state index contributed by atoms with van der Waals surface area (Å²) in [4.78, 5) is 13.1. The van der Waals surface area contributed by atoms with Crippen molar-refractivity contribution in [2.75, 3.05) is 0 Å². The number of ketones is 1. The van der Waals surface area contributed by atoms with Gasteiger partial charge in [0.15, 0.2) is 5.78 Å². The summed E-state index contributed by atoms with van der Waals surface area (Å²) in [6.45, 7) is 14.6. The first-order valence-corrected chi connectivity index (χ1v) is 9.08. The van der Waals surface area contributed by atoms with Crippen molar-refractivity contribution in [3.05, 3.63) is 58.7 Å². The number of phenolic OH excluding ortho intramolecular Hbond substituents is 1.